The minimum Gasteiger partial charge on any atom is -0.495 e. The maximum Gasteiger partial charge on any atom is 0.410 e. The molecule has 2 aromatic carbocycles. The molecule has 0 unspecified atom stereocenters. The molecule has 3 N–H and O–H groups in total. The van der Waals surface area contributed by atoms with Crippen LogP contribution in [-0.4, -0.2) is 60.1 Å². The van der Waals surface area contributed by atoms with Crippen LogP contribution in [0.4, 0.5) is 21.2 Å². The molecule has 0 spiro atoms. The molecule has 1 aromatic heterocycles. The van der Waals surface area contributed by atoms with Crippen molar-refractivity contribution in [1.29, 1.82) is 0 Å². The normalized spacial score (nSPS) is 12.5. The molecule has 228 valence electrons. The highest BCUT2D eigenvalue weighted by Gasteiger charge is 2.32. The first-order valence-corrected chi connectivity index (χ1v) is 15.6. The Morgan fingerprint density at radius 3 is 2.53 bits per heavy atom. The van der Waals surface area contributed by atoms with E-state index in [9.17, 15) is 14.4 Å². The van der Waals surface area contributed by atoms with Gasteiger partial charge in [-0.25, -0.2) is 9.59 Å². The third-order valence-electron chi connectivity index (χ3n) is 6.17. The number of hydrogen-bond acceptors (Lipinski definition) is 9. The van der Waals surface area contributed by atoms with Crippen LogP contribution in [0.3, 0.4) is 0 Å². The highest BCUT2D eigenvalue weighted by Crippen LogP contribution is 2.38. The van der Waals surface area contributed by atoms with Crippen LogP contribution >= 0.6 is 35.3 Å². The molecule has 3 aromatic rings. The summed E-state index contributed by atoms with van der Waals surface area (Å²) < 4.78 is 15.9. The summed E-state index contributed by atoms with van der Waals surface area (Å²) in [4.78, 5) is 41.6. The van der Waals surface area contributed by atoms with E-state index in [1.165, 1.54) is 30.2 Å². The second-order valence-corrected chi connectivity index (χ2v) is 13.1. The van der Waals surface area contributed by atoms with E-state index in [0.29, 0.717) is 34.4 Å². The highest BCUT2D eigenvalue weighted by molar-refractivity contribution is 8.00. The average molecular weight is 643 g/mol. The molecule has 0 saturated carbocycles. The number of thioether (sulfide) groups is 1. The van der Waals surface area contributed by atoms with Crippen LogP contribution in [0.15, 0.2) is 53.4 Å². The lowest BCUT2D eigenvalue weighted by atomic mass is 10.0. The number of nitrogens with zero attached hydrogens (tertiary/aromatic N) is 1. The SMILES string of the molecule is COC(=O)c1c(NC(=O)CSc2cccc(NC(=S)Nc3ccccc3OC)c2)sc2c1CCN(C(=O)OC(C)(C)C)C2. The number of anilines is 3. The summed E-state index contributed by atoms with van der Waals surface area (Å²) in [7, 11) is 2.90. The van der Waals surface area contributed by atoms with Crippen molar-refractivity contribution < 1.29 is 28.6 Å². The Bertz CT molecular complexity index is 1520. The van der Waals surface area contributed by atoms with Crippen molar-refractivity contribution in [2.24, 2.45) is 0 Å². The van der Waals surface area contributed by atoms with Crippen LogP contribution in [0, 0.1) is 0 Å². The molecule has 0 bridgehead atoms. The predicted molar refractivity (Wildman–Crippen MR) is 175 cm³/mol. The molecule has 0 saturated heterocycles. The number of esters is 1. The summed E-state index contributed by atoms with van der Waals surface area (Å²) in [5.74, 6) is -0.0166. The van der Waals surface area contributed by atoms with Gasteiger partial charge < -0.3 is 35.1 Å². The van der Waals surface area contributed by atoms with Crippen molar-refractivity contribution >= 4 is 74.8 Å². The van der Waals surface area contributed by atoms with Crippen LogP contribution in [0.2, 0.25) is 0 Å². The van der Waals surface area contributed by atoms with Gasteiger partial charge in [0.25, 0.3) is 0 Å². The number of amides is 2. The first-order chi connectivity index (χ1) is 20.5. The molecule has 0 atom stereocenters. The van der Waals surface area contributed by atoms with E-state index in [0.717, 1.165) is 26.7 Å². The van der Waals surface area contributed by atoms with Crippen LogP contribution in [-0.2, 0) is 27.2 Å². The van der Waals surface area contributed by atoms with Crippen molar-refractivity contribution in [1.82, 2.24) is 4.90 Å². The number of nitrogens with one attached hydrogen (secondary N) is 3. The van der Waals surface area contributed by atoms with Gasteiger partial charge in [-0.1, -0.05) is 18.2 Å². The number of fused-ring (bicyclic) bond motifs is 1. The Morgan fingerprint density at radius 1 is 1.05 bits per heavy atom. The lowest BCUT2D eigenvalue weighted by molar-refractivity contribution is -0.113. The van der Waals surface area contributed by atoms with Gasteiger partial charge in [0.2, 0.25) is 5.91 Å². The Kier molecular flexibility index (Phi) is 10.5. The van der Waals surface area contributed by atoms with Crippen LogP contribution in [0.5, 0.6) is 5.75 Å². The van der Waals surface area contributed by atoms with Gasteiger partial charge in [0.15, 0.2) is 5.11 Å². The van der Waals surface area contributed by atoms with E-state index in [1.807, 2.05) is 69.3 Å². The van der Waals surface area contributed by atoms with E-state index in [4.69, 9.17) is 26.4 Å². The molecule has 1 aliphatic heterocycles. The zero-order valence-corrected chi connectivity index (χ0v) is 27.0. The Labute approximate surface area is 264 Å². The zero-order chi connectivity index (χ0) is 31.1. The van der Waals surface area contributed by atoms with Crippen LogP contribution in [0.1, 0.15) is 41.6 Å². The highest BCUT2D eigenvalue weighted by atomic mass is 32.2. The van der Waals surface area contributed by atoms with E-state index >= 15 is 0 Å². The second-order valence-electron chi connectivity index (χ2n) is 10.5. The smallest absolute Gasteiger partial charge is 0.410 e. The van der Waals surface area contributed by atoms with Gasteiger partial charge in [-0.05, 0) is 75.3 Å². The molecule has 43 heavy (non-hydrogen) atoms. The first kappa shape index (κ1) is 32.1. The maximum absolute atomic E-state index is 13.0. The molecule has 0 fully saturated rings. The van der Waals surface area contributed by atoms with E-state index < -0.39 is 17.7 Å². The zero-order valence-electron chi connectivity index (χ0n) is 24.6. The van der Waals surface area contributed by atoms with Gasteiger partial charge in [-0.15, -0.1) is 23.1 Å². The summed E-state index contributed by atoms with van der Waals surface area (Å²) in [5.41, 5.74) is 2.01. The monoisotopic (exact) mass is 642 g/mol. The number of hydrogen-bond donors (Lipinski definition) is 3. The van der Waals surface area contributed by atoms with Crippen LogP contribution < -0.4 is 20.7 Å². The lowest BCUT2D eigenvalue weighted by Crippen LogP contribution is -2.39. The number of benzene rings is 2. The van der Waals surface area contributed by atoms with Gasteiger partial charge >= 0.3 is 12.1 Å². The molecule has 10 nitrogen and oxygen atoms in total. The molecule has 4 rings (SSSR count). The van der Waals surface area contributed by atoms with E-state index in [2.05, 4.69) is 16.0 Å². The minimum absolute atomic E-state index is 0.112. The Hall–Kier alpha value is -3.81. The average Bonchev–Trinajstić information content (AvgIpc) is 3.32. The van der Waals surface area contributed by atoms with Crippen molar-refractivity contribution in [2.75, 3.05) is 42.5 Å². The van der Waals surface area contributed by atoms with Gasteiger partial charge in [-0.2, -0.15) is 0 Å². The van der Waals surface area contributed by atoms with Crippen molar-refractivity contribution in [3.8, 4) is 5.75 Å². The number of carbonyl (C=O) groups is 3. The van der Waals surface area contributed by atoms with Crippen molar-refractivity contribution in [3.63, 3.8) is 0 Å². The van der Waals surface area contributed by atoms with Gasteiger partial charge in [0.05, 0.1) is 37.8 Å². The summed E-state index contributed by atoms with van der Waals surface area (Å²) in [6.07, 6.45) is 0.0365. The number of methoxy groups -OCH3 is 2. The number of para-hydroxylation sites is 2. The minimum atomic E-state index is -0.616. The largest absolute Gasteiger partial charge is 0.495 e. The summed E-state index contributed by atoms with van der Waals surface area (Å²) in [6, 6.07) is 15.0. The molecular weight excluding hydrogens is 609 g/mol. The molecule has 0 aliphatic carbocycles. The fraction of sp³-hybridized carbons (Fsp3) is 0.333. The fourth-order valence-electron chi connectivity index (χ4n) is 4.30. The summed E-state index contributed by atoms with van der Waals surface area (Å²) in [6.45, 7) is 6.13. The fourth-order valence-corrected chi connectivity index (χ4v) is 6.55. The molecule has 0 radical (unpaired) electrons. The summed E-state index contributed by atoms with van der Waals surface area (Å²) >= 11 is 8.08. The predicted octanol–water partition coefficient (Wildman–Crippen LogP) is 6.38. The lowest BCUT2D eigenvalue weighted by Gasteiger charge is -2.30. The van der Waals surface area contributed by atoms with Gasteiger partial charge in [-0.3, -0.25) is 4.79 Å². The van der Waals surface area contributed by atoms with E-state index in [-0.39, 0.29) is 18.2 Å². The molecule has 1 aliphatic rings. The third kappa shape index (κ3) is 8.62. The number of thiocarbonyl (C=S) groups is 1. The quantitative estimate of drug-likeness (QED) is 0.145. The number of ether oxygens (including phenoxy) is 3. The molecule has 2 heterocycles. The topological polar surface area (TPSA) is 118 Å². The van der Waals surface area contributed by atoms with Gasteiger partial charge in [0.1, 0.15) is 16.4 Å². The van der Waals surface area contributed by atoms with Crippen molar-refractivity contribution in [2.45, 2.75) is 44.2 Å². The standard InChI is InChI=1S/C30H34N4O6S3/c1-30(2,3)40-29(37)34-14-13-20-23(16-34)43-26(25(20)27(36)39-5)33-24(35)17-42-19-10-8-9-18(15-19)31-28(41)32-21-11-6-7-12-22(21)38-4/h6-12,15H,13-14,16-17H2,1-5H3,(H,33,35)(H2,31,32,41). The number of rotatable bonds is 8. The maximum atomic E-state index is 13.0. The molecular formula is C30H34N4O6S3. The number of carbonyl (C=O) groups excluding carboxylic acids is 3. The number of thiophene rings is 1. The van der Waals surface area contributed by atoms with Crippen LogP contribution in [0.25, 0.3) is 0 Å². The first-order valence-electron chi connectivity index (χ1n) is 13.4. The Balaban J connectivity index is 1.38. The van der Waals surface area contributed by atoms with Gasteiger partial charge in [0, 0.05) is 22.0 Å². The van der Waals surface area contributed by atoms with E-state index in [1.54, 1.807) is 12.0 Å². The molecule has 2 amide bonds. The Morgan fingerprint density at radius 2 is 1.81 bits per heavy atom. The molecule has 13 heteroatoms. The second kappa shape index (κ2) is 14.1. The van der Waals surface area contributed by atoms with Crippen molar-refractivity contribution in [3.05, 3.63) is 64.5 Å². The third-order valence-corrected chi connectivity index (χ3v) is 8.50. The summed E-state index contributed by atoms with van der Waals surface area (Å²) in [5, 5.41) is 9.97.